The molecule has 8 heteroatoms. The summed E-state index contributed by atoms with van der Waals surface area (Å²) in [6.07, 6.45) is 2.60. The van der Waals surface area contributed by atoms with Gasteiger partial charge in [-0.25, -0.2) is 0 Å². The van der Waals surface area contributed by atoms with Gasteiger partial charge in [0.25, 0.3) is 6.47 Å². The summed E-state index contributed by atoms with van der Waals surface area (Å²) in [5.74, 6) is 0.238. The maximum Gasteiger partial charge on any atom is 0.290 e. The van der Waals surface area contributed by atoms with E-state index in [0.29, 0.717) is 19.1 Å². The number of β-amino-alcohol motifs (C(OH)–C–C–N with tert-alkyl or cyclic N) is 1. The van der Waals surface area contributed by atoms with Crippen LogP contribution in [0.4, 0.5) is 0 Å². The van der Waals surface area contributed by atoms with Gasteiger partial charge in [-0.15, -0.1) is 0 Å². The summed E-state index contributed by atoms with van der Waals surface area (Å²) in [5.41, 5.74) is 2.02. The quantitative estimate of drug-likeness (QED) is 0.544. The van der Waals surface area contributed by atoms with Crippen LogP contribution >= 0.6 is 0 Å². The SMILES string of the molecule is Cc1cc(C[C@@H]2CN(CC(=O)NC3CC3)C[C@H]2O)n[nH]1.O=CO. The van der Waals surface area contributed by atoms with Crippen LogP contribution in [0.1, 0.15) is 24.2 Å². The number of rotatable bonds is 5. The van der Waals surface area contributed by atoms with Gasteiger partial charge in [-0.2, -0.15) is 5.10 Å². The third-order valence-electron chi connectivity index (χ3n) is 4.02. The van der Waals surface area contributed by atoms with Crippen LogP contribution in [0.25, 0.3) is 0 Å². The number of nitrogens with zero attached hydrogens (tertiary/aromatic N) is 2. The molecular formula is C15H24N4O4. The van der Waals surface area contributed by atoms with Crippen molar-refractivity contribution in [1.82, 2.24) is 20.4 Å². The number of aromatic amines is 1. The molecule has 0 radical (unpaired) electrons. The van der Waals surface area contributed by atoms with E-state index >= 15 is 0 Å². The largest absolute Gasteiger partial charge is 0.483 e. The van der Waals surface area contributed by atoms with E-state index in [4.69, 9.17) is 9.90 Å². The van der Waals surface area contributed by atoms with E-state index in [0.717, 1.165) is 37.2 Å². The molecule has 1 aromatic rings. The van der Waals surface area contributed by atoms with E-state index < -0.39 is 0 Å². The molecule has 2 atom stereocenters. The minimum Gasteiger partial charge on any atom is -0.483 e. The zero-order chi connectivity index (χ0) is 16.8. The molecule has 2 fully saturated rings. The number of hydrogen-bond donors (Lipinski definition) is 4. The Bertz CT molecular complexity index is 529. The van der Waals surface area contributed by atoms with Crippen molar-refractivity contribution in [2.45, 2.75) is 38.3 Å². The Kier molecular flexibility index (Phi) is 6.12. The van der Waals surface area contributed by atoms with Gasteiger partial charge in [-0.3, -0.25) is 19.6 Å². The fourth-order valence-corrected chi connectivity index (χ4v) is 2.82. The predicted molar refractivity (Wildman–Crippen MR) is 82.8 cm³/mol. The highest BCUT2D eigenvalue weighted by Crippen LogP contribution is 2.22. The third kappa shape index (κ3) is 5.65. The lowest BCUT2D eigenvalue weighted by molar-refractivity contribution is -0.123. The molecular weight excluding hydrogens is 300 g/mol. The number of hydrogen-bond acceptors (Lipinski definition) is 5. The maximum atomic E-state index is 11.8. The van der Waals surface area contributed by atoms with Gasteiger partial charge in [-0.1, -0.05) is 0 Å². The molecule has 0 spiro atoms. The Morgan fingerprint density at radius 3 is 2.78 bits per heavy atom. The molecule has 2 aliphatic rings. The van der Waals surface area contributed by atoms with Crippen LogP contribution in [0, 0.1) is 12.8 Å². The van der Waals surface area contributed by atoms with Gasteiger partial charge < -0.3 is 15.5 Å². The van der Waals surface area contributed by atoms with Gasteiger partial charge in [0.05, 0.1) is 18.3 Å². The summed E-state index contributed by atoms with van der Waals surface area (Å²) in [4.78, 5) is 22.2. The molecule has 2 heterocycles. The second-order valence-electron chi connectivity index (χ2n) is 6.22. The topological polar surface area (TPSA) is 119 Å². The fourth-order valence-electron chi connectivity index (χ4n) is 2.82. The molecule has 1 aromatic heterocycles. The van der Waals surface area contributed by atoms with Crippen LogP contribution in [0.5, 0.6) is 0 Å². The van der Waals surface area contributed by atoms with E-state index in [1.54, 1.807) is 0 Å². The Morgan fingerprint density at radius 1 is 1.52 bits per heavy atom. The second kappa shape index (κ2) is 8.07. The van der Waals surface area contributed by atoms with Crippen LogP contribution in [0.2, 0.25) is 0 Å². The van der Waals surface area contributed by atoms with E-state index in [1.165, 1.54) is 0 Å². The van der Waals surface area contributed by atoms with Crippen LogP contribution in [-0.4, -0.2) is 69.5 Å². The first-order valence-corrected chi connectivity index (χ1v) is 7.80. The van der Waals surface area contributed by atoms with Gasteiger partial charge in [0.15, 0.2) is 0 Å². The normalized spacial score (nSPS) is 23.9. The third-order valence-corrected chi connectivity index (χ3v) is 4.02. The van der Waals surface area contributed by atoms with Crippen LogP contribution < -0.4 is 5.32 Å². The number of carbonyl (C=O) groups excluding carboxylic acids is 1. The highest BCUT2D eigenvalue weighted by Gasteiger charge is 2.33. The molecule has 0 aromatic carbocycles. The number of carboxylic acid groups (broad SMARTS) is 1. The number of aliphatic hydroxyl groups is 1. The highest BCUT2D eigenvalue weighted by molar-refractivity contribution is 5.78. The molecule has 0 unspecified atom stereocenters. The minimum absolute atomic E-state index is 0.0796. The van der Waals surface area contributed by atoms with Crippen molar-refractivity contribution in [2.24, 2.45) is 5.92 Å². The number of carbonyl (C=O) groups is 2. The molecule has 1 saturated heterocycles. The smallest absolute Gasteiger partial charge is 0.290 e. The van der Waals surface area contributed by atoms with Crippen LogP contribution in [0.15, 0.2) is 6.07 Å². The molecule has 1 aliphatic carbocycles. The minimum atomic E-state index is -0.374. The average Bonchev–Trinajstić information content (AvgIpc) is 3.09. The van der Waals surface area contributed by atoms with Crippen molar-refractivity contribution in [3.8, 4) is 0 Å². The number of likely N-dealkylation sites (tertiary alicyclic amines) is 1. The molecule has 1 saturated carbocycles. The van der Waals surface area contributed by atoms with Crippen molar-refractivity contribution >= 4 is 12.4 Å². The van der Waals surface area contributed by atoms with Gasteiger partial charge in [0.1, 0.15) is 0 Å². The van der Waals surface area contributed by atoms with E-state index in [-0.39, 0.29) is 24.4 Å². The van der Waals surface area contributed by atoms with Crippen LogP contribution in [-0.2, 0) is 16.0 Å². The average molecular weight is 324 g/mol. The lowest BCUT2D eigenvalue weighted by Crippen LogP contribution is -2.37. The Labute approximate surface area is 134 Å². The summed E-state index contributed by atoms with van der Waals surface area (Å²) >= 11 is 0. The summed E-state index contributed by atoms with van der Waals surface area (Å²) in [5, 5.41) is 27.1. The lowest BCUT2D eigenvalue weighted by Gasteiger charge is -2.14. The Balaban J connectivity index is 0.000000595. The molecule has 23 heavy (non-hydrogen) atoms. The van der Waals surface area contributed by atoms with Crippen molar-refractivity contribution in [3.05, 3.63) is 17.5 Å². The van der Waals surface area contributed by atoms with Crippen molar-refractivity contribution in [2.75, 3.05) is 19.6 Å². The molecule has 1 amide bonds. The Morgan fingerprint density at radius 2 is 2.22 bits per heavy atom. The number of nitrogens with one attached hydrogen (secondary N) is 2. The van der Waals surface area contributed by atoms with E-state index in [9.17, 15) is 9.90 Å². The molecule has 4 N–H and O–H groups in total. The van der Waals surface area contributed by atoms with Crippen LogP contribution in [0.3, 0.4) is 0 Å². The first-order valence-electron chi connectivity index (χ1n) is 7.80. The predicted octanol–water partition coefficient (Wildman–Crippen LogP) is -0.467. The summed E-state index contributed by atoms with van der Waals surface area (Å²) < 4.78 is 0. The first kappa shape index (κ1) is 17.4. The van der Waals surface area contributed by atoms with E-state index in [2.05, 4.69) is 15.5 Å². The monoisotopic (exact) mass is 324 g/mol. The van der Waals surface area contributed by atoms with Gasteiger partial charge in [-0.05, 0) is 32.3 Å². The number of aromatic nitrogens is 2. The summed E-state index contributed by atoms with van der Waals surface area (Å²) in [6.45, 7) is 3.44. The van der Waals surface area contributed by atoms with Crippen molar-refractivity contribution in [3.63, 3.8) is 0 Å². The molecule has 0 bridgehead atoms. The standard InChI is InChI=1S/C14H22N4O2.CH2O2/c1-9-4-12(17-16-9)5-10-6-18(7-13(10)19)8-14(20)15-11-2-3-11;2-1-3/h4,10-11,13,19H,2-3,5-8H2,1H3,(H,15,20)(H,16,17);1H,(H,2,3)/t10-,13-;/m1./s1. The van der Waals surface area contributed by atoms with Crippen molar-refractivity contribution < 1.29 is 19.8 Å². The number of H-pyrrole nitrogens is 1. The number of aryl methyl sites for hydroxylation is 1. The zero-order valence-electron chi connectivity index (χ0n) is 13.2. The van der Waals surface area contributed by atoms with E-state index in [1.807, 2.05) is 17.9 Å². The maximum absolute atomic E-state index is 11.8. The second-order valence-corrected chi connectivity index (χ2v) is 6.22. The summed E-state index contributed by atoms with van der Waals surface area (Å²) in [6, 6.07) is 2.41. The first-order chi connectivity index (χ1) is 11.0. The van der Waals surface area contributed by atoms with Gasteiger partial charge in [0, 0.05) is 30.7 Å². The lowest BCUT2D eigenvalue weighted by atomic mass is 10.0. The number of amides is 1. The number of aliphatic hydroxyl groups excluding tert-OH is 1. The molecule has 1 aliphatic heterocycles. The van der Waals surface area contributed by atoms with Gasteiger partial charge >= 0.3 is 0 Å². The van der Waals surface area contributed by atoms with Gasteiger partial charge in [0.2, 0.25) is 5.91 Å². The molecule has 3 rings (SSSR count). The zero-order valence-corrected chi connectivity index (χ0v) is 13.2. The fraction of sp³-hybridized carbons (Fsp3) is 0.667. The molecule has 8 nitrogen and oxygen atoms in total. The highest BCUT2D eigenvalue weighted by atomic mass is 16.3. The van der Waals surface area contributed by atoms with Crippen molar-refractivity contribution in [1.29, 1.82) is 0 Å². The summed E-state index contributed by atoms with van der Waals surface area (Å²) in [7, 11) is 0. The Hall–Kier alpha value is -1.93. The molecule has 128 valence electrons.